The van der Waals surface area contributed by atoms with Crippen molar-refractivity contribution in [3.05, 3.63) is 85.1 Å². The van der Waals surface area contributed by atoms with Gasteiger partial charge in [-0.15, -0.1) is 0 Å². The van der Waals surface area contributed by atoms with Crippen molar-refractivity contribution < 1.29 is 49.3 Å². The van der Waals surface area contributed by atoms with Crippen molar-refractivity contribution in [2.75, 3.05) is 13.2 Å². The quantitative estimate of drug-likeness (QED) is 0.0195. The van der Waals surface area contributed by atoms with Gasteiger partial charge in [-0.1, -0.05) is 286 Å². The zero-order valence-corrected chi connectivity index (χ0v) is 54.0. The normalized spacial score (nSPS) is 19.0. The predicted octanol–water partition coefficient (Wildman–Crippen LogP) is 17.7. The van der Waals surface area contributed by atoms with Crippen LogP contribution in [0.4, 0.5) is 0 Å². The van der Waals surface area contributed by atoms with E-state index in [9.17, 15) is 35.1 Å². The number of hydrogen-bond donors (Lipinski definition) is 6. The Labute approximate surface area is 514 Å². The summed E-state index contributed by atoms with van der Waals surface area (Å²) in [6.07, 6.45) is 69.2. The van der Waals surface area contributed by atoms with E-state index in [1.165, 1.54) is 180 Å². The third-order valence-electron chi connectivity index (χ3n) is 16.0. The summed E-state index contributed by atoms with van der Waals surface area (Å²) in [6, 6.07) is -1.04. The molecule has 1 saturated heterocycles. The number of carbonyl (C=O) groups excluding carboxylic acids is 2. The molecule has 11 heteroatoms. The molecule has 0 aromatic carbocycles. The Morgan fingerprint density at radius 1 is 0.464 bits per heavy atom. The summed E-state index contributed by atoms with van der Waals surface area (Å²) in [5.74, 6) is -1.25. The molecule has 1 aliphatic rings. The van der Waals surface area contributed by atoms with E-state index in [0.717, 1.165) is 70.6 Å². The molecule has 486 valence electrons. The monoisotopic (exact) mass is 1180 g/mol. The topological polar surface area (TPSA) is 175 Å². The number of aliphatic hydroxyl groups excluding tert-OH is 5. The summed E-state index contributed by atoms with van der Waals surface area (Å²) in [5, 5.41) is 57.1. The maximum atomic E-state index is 13.5. The maximum Gasteiger partial charge on any atom is 0.306 e. The van der Waals surface area contributed by atoms with Crippen LogP contribution in [0.2, 0.25) is 0 Å². The minimum Gasteiger partial charge on any atom is -0.454 e. The van der Waals surface area contributed by atoms with Gasteiger partial charge < -0.3 is 45.1 Å². The van der Waals surface area contributed by atoms with Crippen molar-refractivity contribution in [1.82, 2.24) is 5.32 Å². The average molecular weight is 1180 g/mol. The minimum absolute atomic E-state index is 0.0459. The van der Waals surface area contributed by atoms with E-state index in [4.69, 9.17) is 14.2 Å². The second kappa shape index (κ2) is 60.1. The van der Waals surface area contributed by atoms with Gasteiger partial charge in [0.15, 0.2) is 12.4 Å². The summed E-state index contributed by atoms with van der Waals surface area (Å²) >= 11 is 0. The van der Waals surface area contributed by atoms with Crippen molar-refractivity contribution in [2.45, 2.75) is 352 Å². The molecule has 8 unspecified atom stereocenters. The molecule has 1 amide bonds. The van der Waals surface area contributed by atoms with Gasteiger partial charge in [-0.3, -0.25) is 9.59 Å². The van der Waals surface area contributed by atoms with Crippen LogP contribution in [0.25, 0.3) is 0 Å². The highest BCUT2D eigenvalue weighted by Gasteiger charge is 2.47. The Morgan fingerprint density at radius 2 is 0.821 bits per heavy atom. The Bertz CT molecular complexity index is 1690. The van der Waals surface area contributed by atoms with Crippen LogP contribution in [0.5, 0.6) is 0 Å². The van der Waals surface area contributed by atoms with Crippen molar-refractivity contribution >= 4 is 11.9 Å². The van der Waals surface area contributed by atoms with Crippen molar-refractivity contribution in [3.63, 3.8) is 0 Å². The SMILES string of the molecule is CCCCC/C=C\C/C=C\C/C=C\C/C=C\CCCC(=O)OC1C(OCC(NC(=O)C(O)CCCCCCCCCCCCCCCCCC/C=C\C/C=C\CCCCC)C(O)/C=C/CCCCCCCCCCCC)OC(CO)C(O)C1O. The van der Waals surface area contributed by atoms with E-state index in [1.807, 2.05) is 12.2 Å². The highest BCUT2D eigenvalue weighted by Crippen LogP contribution is 2.26. The van der Waals surface area contributed by atoms with Crippen LogP contribution < -0.4 is 5.32 Å². The van der Waals surface area contributed by atoms with Crippen LogP contribution in [0.1, 0.15) is 303 Å². The van der Waals surface area contributed by atoms with Crippen LogP contribution in [0.15, 0.2) is 85.1 Å². The molecule has 0 radical (unpaired) electrons. The molecule has 1 heterocycles. The summed E-state index contributed by atoms with van der Waals surface area (Å²) in [5.41, 5.74) is 0. The van der Waals surface area contributed by atoms with Gasteiger partial charge in [0.05, 0.1) is 25.4 Å². The van der Waals surface area contributed by atoms with E-state index >= 15 is 0 Å². The number of nitrogens with one attached hydrogen (secondary N) is 1. The Kier molecular flexibility index (Phi) is 56.5. The molecule has 0 aromatic rings. The van der Waals surface area contributed by atoms with Gasteiger partial charge in [-0.25, -0.2) is 0 Å². The number of hydrogen-bond acceptors (Lipinski definition) is 10. The van der Waals surface area contributed by atoms with Crippen molar-refractivity contribution in [1.29, 1.82) is 0 Å². The van der Waals surface area contributed by atoms with Crippen LogP contribution in [-0.2, 0) is 23.8 Å². The number of ether oxygens (including phenoxy) is 3. The molecule has 11 nitrogen and oxygen atoms in total. The first-order valence-electron chi connectivity index (χ1n) is 34.9. The molecule has 0 bridgehead atoms. The summed E-state index contributed by atoms with van der Waals surface area (Å²) in [4.78, 5) is 26.6. The lowest BCUT2D eigenvalue weighted by molar-refractivity contribution is -0.305. The first kappa shape index (κ1) is 78.9. The first-order chi connectivity index (χ1) is 41.2. The number of unbranched alkanes of at least 4 members (excludes halogenated alkanes) is 33. The molecule has 0 spiro atoms. The van der Waals surface area contributed by atoms with Crippen LogP contribution in [-0.4, -0.2) is 99.6 Å². The minimum atomic E-state index is -1.64. The molecular formula is C73H129NO10. The summed E-state index contributed by atoms with van der Waals surface area (Å²) < 4.78 is 17.6. The molecule has 1 fully saturated rings. The Hall–Kier alpha value is -3.16. The fourth-order valence-corrected chi connectivity index (χ4v) is 10.5. The first-order valence-corrected chi connectivity index (χ1v) is 34.9. The molecule has 84 heavy (non-hydrogen) atoms. The van der Waals surface area contributed by atoms with Gasteiger partial charge in [-0.05, 0) is 96.3 Å². The van der Waals surface area contributed by atoms with Gasteiger partial charge in [0.25, 0.3) is 0 Å². The lowest BCUT2D eigenvalue weighted by atomic mass is 9.99. The van der Waals surface area contributed by atoms with Crippen LogP contribution >= 0.6 is 0 Å². The Balaban J connectivity index is 2.59. The third kappa shape index (κ3) is 47.0. The van der Waals surface area contributed by atoms with Crippen LogP contribution in [0.3, 0.4) is 0 Å². The summed E-state index contributed by atoms with van der Waals surface area (Å²) in [7, 11) is 0. The molecule has 1 aliphatic heterocycles. The van der Waals surface area contributed by atoms with Gasteiger partial charge in [0, 0.05) is 6.42 Å². The number of rotatable bonds is 59. The zero-order chi connectivity index (χ0) is 61.0. The number of allylic oxidation sites excluding steroid dienone is 13. The van der Waals surface area contributed by atoms with Gasteiger partial charge >= 0.3 is 5.97 Å². The zero-order valence-electron chi connectivity index (χ0n) is 54.0. The van der Waals surface area contributed by atoms with Gasteiger partial charge in [0.2, 0.25) is 5.91 Å². The second-order valence-electron chi connectivity index (χ2n) is 23.9. The van der Waals surface area contributed by atoms with E-state index in [1.54, 1.807) is 6.08 Å². The largest absolute Gasteiger partial charge is 0.454 e. The smallest absolute Gasteiger partial charge is 0.306 e. The second-order valence-corrected chi connectivity index (χ2v) is 23.9. The van der Waals surface area contributed by atoms with E-state index in [-0.39, 0.29) is 19.4 Å². The molecule has 8 atom stereocenters. The molecule has 0 aromatic heterocycles. The number of aliphatic hydroxyl groups is 5. The fraction of sp³-hybridized carbons (Fsp3) is 0.781. The van der Waals surface area contributed by atoms with E-state index in [0.29, 0.717) is 19.3 Å². The lowest BCUT2D eigenvalue weighted by Crippen LogP contribution is -2.61. The molecule has 1 rings (SSSR count). The lowest BCUT2D eigenvalue weighted by Gasteiger charge is -2.41. The van der Waals surface area contributed by atoms with Gasteiger partial charge in [-0.2, -0.15) is 0 Å². The Morgan fingerprint density at radius 3 is 1.25 bits per heavy atom. The highest BCUT2D eigenvalue weighted by molar-refractivity contribution is 5.80. The molecule has 0 aliphatic carbocycles. The molecule has 6 N–H and O–H groups in total. The van der Waals surface area contributed by atoms with Crippen molar-refractivity contribution in [3.8, 4) is 0 Å². The van der Waals surface area contributed by atoms with E-state index in [2.05, 4.69) is 92.9 Å². The number of carbonyl (C=O) groups is 2. The predicted molar refractivity (Wildman–Crippen MR) is 352 cm³/mol. The van der Waals surface area contributed by atoms with Crippen molar-refractivity contribution in [2.24, 2.45) is 0 Å². The highest BCUT2D eigenvalue weighted by atomic mass is 16.7. The van der Waals surface area contributed by atoms with Gasteiger partial charge in [0.1, 0.15) is 24.4 Å². The molecule has 0 saturated carbocycles. The third-order valence-corrected chi connectivity index (χ3v) is 16.0. The van der Waals surface area contributed by atoms with E-state index < -0.39 is 67.4 Å². The number of amides is 1. The number of esters is 1. The fourth-order valence-electron chi connectivity index (χ4n) is 10.5. The maximum absolute atomic E-state index is 13.5. The molecular weight excluding hydrogens is 1050 g/mol. The van der Waals surface area contributed by atoms with Crippen LogP contribution in [0, 0.1) is 0 Å². The summed E-state index contributed by atoms with van der Waals surface area (Å²) in [6.45, 7) is 5.73. The average Bonchev–Trinajstić information content (AvgIpc) is 3.69. The standard InChI is InChI=1S/C73H129NO10/c1-4-7-10-13-16-19-22-25-27-29-30-31-32-33-34-35-36-37-39-40-42-45-48-51-54-57-60-66(77)72(81)74-64(65(76)59-56-53-50-47-44-24-21-18-15-12-9-6-3)63-82-73-71(70(80)69(79)67(62-75)83-73)84-68(78)61-58-55-52-49-46-43-41-38-28-26-23-20-17-14-11-8-5-2/h16-17,19-20,25-28,41,43,49,52,56,59,64-67,69-71,73,75-77,79-80H,4-15,18,21-24,29-40,42,44-48,50-51,53-55,57-58,60-63H2,1-3H3,(H,74,81)/b19-16-,20-17-,27-25-,28-26-,43-41-,52-49-,59-56+.